The van der Waals surface area contributed by atoms with Crippen LogP contribution < -0.4 is 14.9 Å². The van der Waals surface area contributed by atoms with Gasteiger partial charge in [-0.05, 0) is 42.8 Å². The third-order valence-corrected chi connectivity index (χ3v) is 4.93. The summed E-state index contributed by atoms with van der Waals surface area (Å²) in [4.78, 5) is 16.6. The Balaban J connectivity index is 1.32. The van der Waals surface area contributed by atoms with Crippen molar-refractivity contribution in [3.05, 3.63) is 59.4 Å². The van der Waals surface area contributed by atoms with Crippen LogP contribution in [0.5, 0.6) is 11.5 Å². The van der Waals surface area contributed by atoms with Crippen LogP contribution in [0.3, 0.4) is 0 Å². The summed E-state index contributed by atoms with van der Waals surface area (Å²) in [5.41, 5.74) is 4.74. The molecular weight excluding hydrogens is 397 g/mol. The molecule has 0 saturated heterocycles. The molecule has 8 nitrogen and oxygen atoms in total. The highest BCUT2D eigenvalue weighted by atomic mass is 32.2. The van der Waals surface area contributed by atoms with Crippen molar-refractivity contribution >= 4 is 29.2 Å². The van der Waals surface area contributed by atoms with Crippen LogP contribution in [0.25, 0.3) is 0 Å². The second-order valence-corrected chi connectivity index (χ2v) is 7.00. The van der Waals surface area contributed by atoms with Crippen LogP contribution in [0.15, 0.2) is 52.7 Å². The van der Waals surface area contributed by atoms with Crippen LogP contribution in [-0.4, -0.2) is 39.2 Å². The molecule has 2 N–H and O–H groups in total. The topological polar surface area (TPSA) is 101 Å². The lowest BCUT2D eigenvalue weighted by molar-refractivity contribution is 0.102. The molecule has 0 spiro atoms. The average molecular weight is 413 g/mol. The molecule has 2 aromatic carbocycles. The van der Waals surface area contributed by atoms with E-state index in [1.165, 1.54) is 23.9 Å². The summed E-state index contributed by atoms with van der Waals surface area (Å²) in [6, 6.07) is 11.1. The van der Waals surface area contributed by atoms with Gasteiger partial charge in [0.25, 0.3) is 0 Å². The second kappa shape index (κ2) is 8.31. The quantitative estimate of drug-likeness (QED) is 0.265. The number of aromatic nitrogens is 3. The van der Waals surface area contributed by atoms with E-state index in [2.05, 4.69) is 25.7 Å². The molecule has 0 bridgehead atoms. The zero-order valence-corrected chi connectivity index (χ0v) is 16.1. The number of hydrogen-bond donors (Lipinski definition) is 2. The van der Waals surface area contributed by atoms with Gasteiger partial charge in [-0.1, -0.05) is 23.9 Å². The Labute approximate surface area is 169 Å². The number of hydrogen-bond acceptors (Lipinski definition) is 8. The lowest BCUT2D eigenvalue weighted by atomic mass is 10.1. The second-order valence-electron chi connectivity index (χ2n) is 6.06. The normalized spacial score (nSPS) is 12.8. The minimum atomic E-state index is -0.304. The predicted molar refractivity (Wildman–Crippen MR) is 106 cm³/mol. The zero-order valence-electron chi connectivity index (χ0n) is 15.3. The van der Waals surface area contributed by atoms with E-state index in [0.717, 1.165) is 5.56 Å². The maximum Gasteiger partial charge on any atom is 0.240 e. The van der Waals surface area contributed by atoms with Crippen LogP contribution >= 0.6 is 11.8 Å². The van der Waals surface area contributed by atoms with Crippen molar-refractivity contribution in [2.24, 2.45) is 5.10 Å². The molecule has 10 heteroatoms. The number of carbonyl (C=O) groups is 1. The highest BCUT2D eigenvalue weighted by Crippen LogP contribution is 2.33. The van der Waals surface area contributed by atoms with E-state index in [4.69, 9.17) is 9.47 Å². The number of nitrogens with one attached hydrogen (secondary N) is 2. The largest absolute Gasteiger partial charge is 0.454 e. The summed E-state index contributed by atoms with van der Waals surface area (Å²) in [5, 5.41) is 11.4. The molecule has 1 aliphatic rings. The highest BCUT2D eigenvalue weighted by Gasteiger charge is 2.17. The number of rotatable bonds is 7. The third-order valence-electron chi connectivity index (χ3n) is 4.08. The molecule has 0 saturated carbocycles. The van der Waals surface area contributed by atoms with Gasteiger partial charge < -0.3 is 9.47 Å². The number of benzene rings is 2. The Morgan fingerprint density at radius 3 is 2.79 bits per heavy atom. The fourth-order valence-electron chi connectivity index (χ4n) is 2.54. The van der Waals surface area contributed by atoms with E-state index in [1.807, 2.05) is 0 Å². The van der Waals surface area contributed by atoms with Crippen molar-refractivity contribution in [2.75, 3.05) is 18.0 Å². The monoisotopic (exact) mass is 413 g/mol. The molecule has 2 heterocycles. The molecule has 3 aromatic rings. The van der Waals surface area contributed by atoms with Gasteiger partial charge in [-0.15, -0.1) is 5.10 Å². The van der Waals surface area contributed by atoms with E-state index in [-0.39, 0.29) is 24.1 Å². The van der Waals surface area contributed by atoms with Crippen LogP contribution in [0.1, 0.15) is 22.8 Å². The first-order valence-electron chi connectivity index (χ1n) is 8.63. The van der Waals surface area contributed by atoms with Gasteiger partial charge in [-0.25, -0.2) is 14.9 Å². The Hall–Kier alpha value is -3.40. The third kappa shape index (κ3) is 4.54. The van der Waals surface area contributed by atoms with E-state index in [1.54, 1.807) is 37.3 Å². The number of carbonyl (C=O) groups excluding carboxylic acids is 1. The number of halogens is 1. The van der Waals surface area contributed by atoms with E-state index in [0.29, 0.717) is 33.9 Å². The minimum absolute atomic E-state index is 0.0715. The number of nitrogens with zero attached hydrogens (tertiary/aromatic N) is 3. The summed E-state index contributed by atoms with van der Waals surface area (Å²) in [6.45, 7) is 1.95. The van der Waals surface area contributed by atoms with Gasteiger partial charge in [0.1, 0.15) is 5.82 Å². The molecule has 0 fully saturated rings. The number of Topliss-reactive ketones (excluding diaryl/α,β-unsaturated/α-hetero) is 1. The molecule has 1 aromatic heterocycles. The Kier molecular flexibility index (Phi) is 5.43. The number of ether oxygens (including phenoxy) is 2. The summed E-state index contributed by atoms with van der Waals surface area (Å²) in [6.07, 6.45) is 0. The van der Waals surface area contributed by atoms with Crippen LogP contribution in [0.2, 0.25) is 0 Å². The van der Waals surface area contributed by atoms with Crippen LogP contribution in [0.4, 0.5) is 10.3 Å². The van der Waals surface area contributed by atoms with Crippen molar-refractivity contribution < 1.29 is 18.7 Å². The van der Waals surface area contributed by atoms with Crippen LogP contribution in [-0.2, 0) is 0 Å². The number of thioether (sulfide) groups is 1. The average Bonchev–Trinajstić information content (AvgIpc) is 3.39. The molecule has 0 amide bonds. The molecular formula is C19H16FN5O3S. The summed E-state index contributed by atoms with van der Waals surface area (Å²) >= 11 is 1.20. The Morgan fingerprint density at radius 1 is 1.21 bits per heavy atom. The number of hydrazone groups is 1. The van der Waals surface area contributed by atoms with Gasteiger partial charge in [-0.2, -0.15) is 10.1 Å². The van der Waals surface area contributed by atoms with Crippen molar-refractivity contribution in [2.45, 2.75) is 12.1 Å². The van der Waals surface area contributed by atoms with Gasteiger partial charge in [-0.3, -0.25) is 4.79 Å². The zero-order chi connectivity index (χ0) is 20.2. The molecule has 29 heavy (non-hydrogen) atoms. The fourth-order valence-corrected chi connectivity index (χ4v) is 3.23. The molecule has 0 aliphatic carbocycles. The molecule has 148 valence electrons. The molecule has 1 aliphatic heterocycles. The number of aromatic amines is 1. The SMILES string of the molecule is C/C(=N/Nc1nc(SCC(=O)c2ccc3c(c2)OCO3)n[nH]1)c1ccc(F)cc1. The van der Waals surface area contributed by atoms with Crippen molar-refractivity contribution in [1.82, 2.24) is 15.2 Å². The molecule has 0 unspecified atom stereocenters. The van der Waals surface area contributed by atoms with Crippen LogP contribution in [0, 0.1) is 5.82 Å². The van der Waals surface area contributed by atoms with Gasteiger partial charge in [0.05, 0.1) is 11.5 Å². The summed E-state index contributed by atoms with van der Waals surface area (Å²) in [7, 11) is 0. The fraction of sp³-hybridized carbons (Fsp3) is 0.158. The first-order valence-corrected chi connectivity index (χ1v) is 9.61. The first kappa shape index (κ1) is 18.9. The van der Waals surface area contributed by atoms with Gasteiger partial charge >= 0.3 is 0 Å². The minimum Gasteiger partial charge on any atom is -0.454 e. The standard InChI is InChI=1S/C19H16FN5O3S/c1-11(12-2-5-14(20)6-3-12)22-23-18-21-19(25-24-18)29-9-15(26)13-4-7-16-17(8-13)28-10-27-16/h2-8H,9-10H2,1H3,(H2,21,23,24,25)/b22-11-. The van der Waals surface area contributed by atoms with Gasteiger partial charge in [0, 0.05) is 5.56 Å². The highest BCUT2D eigenvalue weighted by molar-refractivity contribution is 7.99. The maximum absolute atomic E-state index is 13.0. The van der Waals surface area contributed by atoms with Gasteiger partial charge in [0.2, 0.25) is 17.9 Å². The van der Waals surface area contributed by atoms with E-state index < -0.39 is 0 Å². The number of anilines is 1. The van der Waals surface area contributed by atoms with Gasteiger partial charge in [0.15, 0.2) is 17.3 Å². The lowest BCUT2D eigenvalue weighted by Crippen LogP contribution is -2.02. The van der Waals surface area contributed by atoms with Crippen molar-refractivity contribution in [1.29, 1.82) is 0 Å². The number of ketones is 1. The Bertz CT molecular complexity index is 1070. The van der Waals surface area contributed by atoms with Crippen molar-refractivity contribution in [3.8, 4) is 11.5 Å². The maximum atomic E-state index is 13.0. The molecule has 0 radical (unpaired) electrons. The number of fused-ring (bicyclic) bond motifs is 1. The predicted octanol–water partition coefficient (Wildman–Crippen LogP) is 3.48. The first-order chi connectivity index (χ1) is 14.1. The number of H-pyrrole nitrogens is 1. The van der Waals surface area contributed by atoms with Crippen molar-refractivity contribution in [3.63, 3.8) is 0 Å². The molecule has 4 rings (SSSR count). The van der Waals surface area contributed by atoms with E-state index in [9.17, 15) is 9.18 Å². The molecule has 0 atom stereocenters. The lowest BCUT2D eigenvalue weighted by Gasteiger charge is -2.01. The van der Waals surface area contributed by atoms with E-state index >= 15 is 0 Å². The summed E-state index contributed by atoms with van der Waals surface area (Å²) in [5.74, 6) is 1.34. The Morgan fingerprint density at radius 2 is 1.97 bits per heavy atom. The smallest absolute Gasteiger partial charge is 0.240 e. The summed E-state index contributed by atoms with van der Waals surface area (Å²) < 4.78 is 23.5.